The molecule has 1 aromatic carbocycles. The van der Waals surface area contributed by atoms with Gasteiger partial charge in [-0.3, -0.25) is 4.79 Å². The summed E-state index contributed by atoms with van der Waals surface area (Å²) in [6.07, 6.45) is 1.85. The fourth-order valence-corrected chi connectivity index (χ4v) is 1.69. The van der Waals surface area contributed by atoms with E-state index in [0.717, 1.165) is 31.7 Å². The second kappa shape index (κ2) is 11.3. The van der Waals surface area contributed by atoms with Gasteiger partial charge in [-0.2, -0.15) is 0 Å². The summed E-state index contributed by atoms with van der Waals surface area (Å²) in [7, 11) is 3.46. The van der Waals surface area contributed by atoms with E-state index >= 15 is 0 Å². The average molecular weight is 320 g/mol. The van der Waals surface area contributed by atoms with E-state index in [1.807, 2.05) is 30.3 Å². The highest BCUT2D eigenvalue weighted by atomic mass is 16.5. The summed E-state index contributed by atoms with van der Waals surface area (Å²) in [4.78, 5) is 17.4. The Kier molecular flexibility index (Phi) is 9.28. The van der Waals surface area contributed by atoms with E-state index in [9.17, 15) is 4.79 Å². The second-order valence-corrected chi connectivity index (χ2v) is 5.32. The molecule has 128 valence electrons. The largest absolute Gasteiger partial charge is 0.494 e. The van der Waals surface area contributed by atoms with E-state index in [1.54, 1.807) is 14.1 Å². The van der Waals surface area contributed by atoms with Gasteiger partial charge in [-0.25, -0.2) is 4.99 Å². The molecular formula is C17H28N4O2. The van der Waals surface area contributed by atoms with Gasteiger partial charge < -0.3 is 20.3 Å². The van der Waals surface area contributed by atoms with Crippen LogP contribution in [0.5, 0.6) is 5.75 Å². The van der Waals surface area contributed by atoms with E-state index in [2.05, 4.69) is 22.5 Å². The van der Waals surface area contributed by atoms with Gasteiger partial charge in [0.05, 0.1) is 6.61 Å². The molecule has 0 aliphatic carbocycles. The van der Waals surface area contributed by atoms with Gasteiger partial charge in [0.2, 0.25) is 5.91 Å². The van der Waals surface area contributed by atoms with Crippen LogP contribution in [-0.4, -0.2) is 57.1 Å². The smallest absolute Gasteiger partial charge is 0.243 e. The molecule has 0 fully saturated rings. The molecule has 0 aliphatic rings. The third kappa shape index (κ3) is 8.70. The van der Waals surface area contributed by atoms with E-state index in [4.69, 9.17) is 4.74 Å². The summed E-state index contributed by atoms with van der Waals surface area (Å²) in [5.74, 6) is 1.53. The van der Waals surface area contributed by atoms with Crippen LogP contribution < -0.4 is 15.4 Å². The van der Waals surface area contributed by atoms with Crippen molar-refractivity contribution in [3.63, 3.8) is 0 Å². The van der Waals surface area contributed by atoms with Crippen molar-refractivity contribution < 1.29 is 9.53 Å². The Labute approximate surface area is 138 Å². The first kappa shape index (κ1) is 18.8. The highest BCUT2D eigenvalue weighted by Gasteiger charge is 2.04. The predicted molar refractivity (Wildman–Crippen MR) is 93.8 cm³/mol. The molecule has 6 heteroatoms. The lowest BCUT2D eigenvalue weighted by Crippen LogP contribution is -2.39. The minimum Gasteiger partial charge on any atom is -0.494 e. The third-order valence-electron chi connectivity index (χ3n) is 3.04. The normalized spacial score (nSPS) is 11.0. The minimum atomic E-state index is -0.0185. The molecule has 0 aromatic heterocycles. The summed E-state index contributed by atoms with van der Waals surface area (Å²) in [5, 5.41) is 6.42. The molecule has 1 aromatic rings. The van der Waals surface area contributed by atoms with Gasteiger partial charge in [0, 0.05) is 27.2 Å². The number of guanidine groups is 1. The van der Waals surface area contributed by atoms with Crippen LogP contribution in [0.3, 0.4) is 0 Å². The number of likely N-dealkylation sites (N-methyl/N-ethyl adjacent to an activating group) is 1. The fraction of sp³-hybridized carbons (Fsp3) is 0.529. The molecule has 2 N–H and O–H groups in total. The van der Waals surface area contributed by atoms with Crippen molar-refractivity contribution in [2.45, 2.75) is 19.8 Å². The van der Waals surface area contributed by atoms with Crippen LogP contribution in [0.25, 0.3) is 0 Å². The van der Waals surface area contributed by atoms with Gasteiger partial charge in [-0.05, 0) is 25.0 Å². The topological polar surface area (TPSA) is 66.0 Å². The average Bonchev–Trinajstić information content (AvgIpc) is 2.56. The Morgan fingerprint density at radius 3 is 2.52 bits per heavy atom. The number of carbonyl (C=O) groups is 1. The molecule has 0 radical (unpaired) electrons. The fourth-order valence-electron chi connectivity index (χ4n) is 1.69. The lowest BCUT2D eigenvalue weighted by molar-refractivity contribution is -0.127. The van der Waals surface area contributed by atoms with Gasteiger partial charge in [-0.15, -0.1) is 0 Å². The number of hydrogen-bond donors (Lipinski definition) is 2. The van der Waals surface area contributed by atoms with Crippen LogP contribution in [-0.2, 0) is 4.79 Å². The Morgan fingerprint density at radius 1 is 1.17 bits per heavy atom. The zero-order chi connectivity index (χ0) is 16.9. The van der Waals surface area contributed by atoms with Crippen LogP contribution in [0.4, 0.5) is 0 Å². The number of hydrogen-bond acceptors (Lipinski definition) is 3. The van der Waals surface area contributed by atoms with Gasteiger partial charge in [0.25, 0.3) is 0 Å². The Hall–Kier alpha value is -2.24. The number of rotatable bonds is 9. The summed E-state index contributed by atoms with van der Waals surface area (Å²) in [5.41, 5.74) is 0. The van der Waals surface area contributed by atoms with Gasteiger partial charge in [-0.1, -0.05) is 25.1 Å². The van der Waals surface area contributed by atoms with Crippen LogP contribution >= 0.6 is 0 Å². The number of nitrogens with zero attached hydrogens (tertiary/aromatic N) is 2. The molecule has 0 aliphatic heterocycles. The summed E-state index contributed by atoms with van der Waals surface area (Å²) in [6, 6.07) is 9.75. The number of ether oxygens (including phenoxy) is 1. The Bertz CT molecular complexity index is 475. The van der Waals surface area contributed by atoms with E-state index in [1.165, 1.54) is 4.90 Å². The molecule has 23 heavy (non-hydrogen) atoms. The molecule has 0 atom stereocenters. The van der Waals surface area contributed by atoms with Crippen molar-refractivity contribution in [1.29, 1.82) is 0 Å². The van der Waals surface area contributed by atoms with E-state index < -0.39 is 0 Å². The van der Waals surface area contributed by atoms with Crippen molar-refractivity contribution in [1.82, 2.24) is 15.5 Å². The molecule has 0 saturated heterocycles. The van der Waals surface area contributed by atoms with Crippen molar-refractivity contribution in [2.24, 2.45) is 4.99 Å². The molecule has 6 nitrogen and oxygen atoms in total. The maximum Gasteiger partial charge on any atom is 0.243 e. The number of amides is 1. The van der Waals surface area contributed by atoms with Crippen molar-refractivity contribution in [2.75, 3.05) is 40.3 Å². The lowest BCUT2D eigenvalue weighted by atomic mass is 10.3. The second-order valence-electron chi connectivity index (χ2n) is 5.32. The molecule has 0 bridgehead atoms. The first-order valence-corrected chi connectivity index (χ1v) is 8.03. The minimum absolute atomic E-state index is 0.0185. The molecule has 1 rings (SSSR count). The standard InChI is InChI=1S/C17H28N4O2/c1-4-11-18-17(20-14-16(22)21(2)3)19-12-8-13-23-15-9-6-5-7-10-15/h5-7,9-10H,4,8,11-14H2,1-3H3,(H2,18,19,20). The van der Waals surface area contributed by atoms with Crippen LogP contribution in [0.15, 0.2) is 35.3 Å². The predicted octanol–water partition coefficient (Wildman–Crippen LogP) is 1.49. The number of carbonyl (C=O) groups excluding carboxylic acids is 1. The van der Waals surface area contributed by atoms with E-state index in [-0.39, 0.29) is 12.5 Å². The van der Waals surface area contributed by atoms with Gasteiger partial charge in [0.15, 0.2) is 5.96 Å². The Morgan fingerprint density at radius 2 is 1.87 bits per heavy atom. The number of benzene rings is 1. The highest BCUT2D eigenvalue weighted by Crippen LogP contribution is 2.07. The summed E-state index contributed by atoms with van der Waals surface area (Å²) >= 11 is 0. The van der Waals surface area contributed by atoms with E-state index in [0.29, 0.717) is 12.6 Å². The molecule has 0 heterocycles. The van der Waals surface area contributed by atoms with Gasteiger partial charge >= 0.3 is 0 Å². The first-order valence-electron chi connectivity index (χ1n) is 8.03. The number of nitrogens with one attached hydrogen (secondary N) is 2. The lowest BCUT2D eigenvalue weighted by Gasteiger charge is -2.13. The van der Waals surface area contributed by atoms with Gasteiger partial charge in [0.1, 0.15) is 12.3 Å². The molecule has 0 unspecified atom stereocenters. The highest BCUT2D eigenvalue weighted by molar-refractivity contribution is 5.84. The SMILES string of the molecule is CCCNC(=NCC(=O)N(C)C)NCCCOc1ccccc1. The van der Waals surface area contributed by atoms with Crippen molar-refractivity contribution in [3.8, 4) is 5.75 Å². The molecule has 0 saturated carbocycles. The zero-order valence-corrected chi connectivity index (χ0v) is 14.3. The monoisotopic (exact) mass is 320 g/mol. The maximum atomic E-state index is 11.6. The zero-order valence-electron chi connectivity index (χ0n) is 14.3. The van der Waals surface area contributed by atoms with Crippen LogP contribution in [0.1, 0.15) is 19.8 Å². The Balaban J connectivity index is 2.30. The number of para-hydroxylation sites is 1. The molecule has 1 amide bonds. The quantitative estimate of drug-likeness (QED) is 0.411. The van der Waals surface area contributed by atoms with Crippen LogP contribution in [0, 0.1) is 0 Å². The first-order chi connectivity index (χ1) is 11.1. The third-order valence-corrected chi connectivity index (χ3v) is 3.04. The summed E-state index contributed by atoms with van der Waals surface area (Å²) in [6.45, 7) is 4.42. The van der Waals surface area contributed by atoms with Crippen molar-refractivity contribution >= 4 is 11.9 Å². The molecular weight excluding hydrogens is 292 g/mol. The van der Waals surface area contributed by atoms with Crippen molar-refractivity contribution in [3.05, 3.63) is 30.3 Å². The number of aliphatic imine (C=N–C) groups is 1. The molecule has 0 spiro atoms. The summed E-state index contributed by atoms with van der Waals surface area (Å²) < 4.78 is 5.64. The van der Waals surface area contributed by atoms with Crippen LogP contribution in [0.2, 0.25) is 0 Å². The maximum absolute atomic E-state index is 11.6.